The molecule has 1 aromatic heterocycles. The van der Waals surface area contributed by atoms with E-state index in [9.17, 15) is 18.0 Å². The molecule has 10 nitrogen and oxygen atoms in total. The fraction of sp³-hybridized carbons (Fsp3) is 0.318. The molecule has 0 bridgehead atoms. The van der Waals surface area contributed by atoms with Crippen LogP contribution in [0.15, 0.2) is 62.6 Å². The number of amides is 1. The molecule has 0 spiro atoms. The van der Waals surface area contributed by atoms with Gasteiger partial charge in [0.15, 0.2) is 0 Å². The molecule has 11 heteroatoms. The van der Waals surface area contributed by atoms with E-state index >= 15 is 0 Å². The molecule has 2 aromatic carbocycles. The largest absolute Gasteiger partial charge is 0.495 e. The Bertz CT molecular complexity index is 1290. The highest BCUT2D eigenvalue weighted by Crippen LogP contribution is 2.31. The number of hydrogen-bond donors (Lipinski definition) is 1. The molecule has 1 N–H and O–H groups in total. The first-order chi connectivity index (χ1) is 15.9. The molecule has 2 heterocycles. The van der Waals surface area contributed by atoms with Crippen LogP contribution >= 0.6 is 0 Å². The van der Waals surface area contributed by atoms with Crippen LogP contribution in [0.25, 0.3) is 11.5 Å². The van der Waals surface area contributed by atoms with E-state index in [1.54, 1.807) is 24.3 Å². The van der Waals surface area contributed by atoms with Crippen molar-refractivity contribution < 1.29 is 22.4 Å². The third-order valence-electron chi connectivity index (χ3n) is 5.30. The lowest BCUT2D eigenvalue weighted by Gasteiger charge is -2.26. The Kier molecular flexibility index (Phi) is 6.61. The molecule has 174 valence electrons. The number of ether oxygens (including phenoxy) is 1. The van der Waals surface area contributed by atoms with Gasteiger partial charge in [-0.3, -0.25) is 4.79 Å². The molecular formula is C22H24N4O6S. The van der Waals surface area contributed by atoms with Crippen LogP contribution in [-0.2, 0) is 21.4 Å². The number of hydrogen-bond acceptors (Lipinski definition) is 7. The Balaban J connectivity index is 1.53. The summed E-state index contributed by atoms with van der Waals surface area (Å²) in [7, 11) is -2.39. The van der Waals surface area contributed by atoms with Crippen molar-refractivity contribution in [1.29, 1.82) is 0 Å². The number of sulfonamides is 1. The molecule has 33 heavy (non-hydrogen) atoms. The second kappa shape index (κ2) is 9.59. The van der Waals surface area contributed by atoms with Gasteiger partial charge >= 0.3 is 5.76 Å². The number of benzene rings is 2. The van der Waals surface area contributed by atoms with Gasteiger partial charge < -0.3 is 14.5 Å². The van der Waals surface area contributed by atoms with Crippen molar-refractivity contribution >= 4 is 21.6 Å². The molecule has 4 rings (SSSR count). The standard InChI is InChI=1S/C22H24N4O6S/c1-31-18-11-10-17(14-19(18)33(29,30)25-12-6-3-7-13-25)23-20(27)15-26-22(28)32-21(24-26)16-8-4-2-5-9-16/h2,4-5,8-11,14H,3,6-7,12-13,15H2,1H3,(H,23,27). The van der Waals surface area contributed by atoms with E-state index in [1.165, 1.54) is 29.6 Å². The van der Waals surface area contributed by atoms with Crippen LogP contribution in [0, 0.1) is 0 Å². The molecule has 1 saturated heterocycles. The number of rotatable bonds is 7. The number of nitrogens with zero attached hydrogens (tertiary/aromatic N) is 3. The number of anilines is 1. The Morgan fingerprint density at radius 3 is 2.55 bits per heavy atom. The predicted octanol–water partition coefficient (Wildman–Crippen LogP) is 2.33. The van der Waals surface area contributed by atoms with Crippen LogP contribution in [0.5, 0.6) is 5.75 Å². The molecule has 0 unspecified atom stereocenters. The normalized spacial score (nSPS) is 14.7. The van der Waals surface area contributed by atoms with E-state index in [2.05, 4.69) is 10.4 Å². The molecule has 1 amide bonds. The summed E-state index contributed by atoms with van der Waals surface area (Å²) in [5, 5.41) is 6.68. The molecule has 3 aromatic rings. The van der Waals surface area contributed by atoms with Crippen LogP contribution in [0.4, 0.5) is 5.69 Å². The van der Waals surface area contributed by atoms with Crippen molar-refractivity contribution in [3.8, 4) is 17.2 Å². The van der Waals surface area contributed by atoms with Crippen molar-refractivity contribution in [3.63, 3.8) is 0 Å². The van der Waals surface area contributed by atoms with Crippen molar-refractivity contribution in [2.45, 2.75) is 30.7 Å². The van der Waals surface area contributed by atoms with Gasteiger partial charge in [-0.25, -0.2) is 13.2 Å². The molecule has 0 saturated carbocycles. The molecule has 1 aliphatic rings. The van der Waals surface area contributed by atoms with E-state index < -0.39 is 28.2 Å². The summed E-state index contributed by atoms with van der Waals surface area (Å²) in [6.07, 6.45) is 2.59. The van der Waals surface area contributed by atoms with E-state index in [4.69, 9.17) is 9.15 Å². The number of methoxy groups -OCH3 is 1. The van der Waals surface area contributed by atoms with Crippen molar-refractivity contribution in [2.75, 3.05) is 25.5 Å². The lowest BCUT2D eigenvalue weighted by Crippen LogP contribution is -2.35. The summed E-state index contributed by atoms with van der Waals surface area (Å²) >= 11 is 0. The van der Waals surface area contributed by atoms with Gasteiger partial charge in [0.1, 0.15) is 17.2 Å². The van der Waals surface area contributed by atoms with Gasteiger partial charge in [-0.2, -0.15) is 8.99 Å². The van der Waals surface area contributed by atoms with E-state index in [0.29, 0.717) is 18.7 Å². The zero-order chi connectivity index (χ0) is 23.4. The van der Waals surface area contributed by atoms with Crippen molar-refractivity contribution in [2.24, 2.45) is 0 Å². The van der Waals surface area contributed by atoms with E-state index in [-0.39, 0.29) is 22.2 Å². The Labute approximate surface area is 190 Å². The highest BCUT2D eigenvalue weighted by atomic mass is 32.2. The third kappa shape index (κ3) is 4.99. The molecule has 0 aliphatic carbocycles. The molecule has 1 fully saturated rings. The molecular weight excluding hydrogens is 448 g/mol. The maximum absolute atomic E-state index is 13.1. The lowest BCUT2D eigenvalue weighted by molar-refractivity contribution is -0.117. The zero-order valence-electron chi connectivity index (χ0n) is 18.1. The van der Waals surface area contributed by atoms with Crippen LogP contribution < -0.4 is 15.8 Å². The van der Waals surface area contributed by atoms with Crippen LogP contribution in [0.3, 0.4) is 0 Å². The molecule has 1 aliphatic heterocycles. The summed E-state index contributed by atoms with van der Waals surface area (Å²) in [4.78, 5) is 24.6. The number of nitrogens with one attached hydrogen (secondary N) is 1. The fourth-order valence-corrected chi connectivity index (χ4v) is 5.34. The number of aromatic nitrogens is 2. The first-order valence-corrected chi connectivity index (χ1v) is 11.9. The second-order valence-corrected chi connectivity index (χ2v) is 9.48. The molecule has 0 radical (unpaired) electrons. The van der Waals surface area contributed by atoms with Crippen molar-refractivity contribution in [1.82, 2.24) is 14.1 Å². The maximum Gasteiger partial charge on any atom is 0.437 e. The first-order valence-electron chi connectivity index (χ1n) is 10.5. The first kappa shape index (κ1) is 22.7. The van der Waals surface area contributed by atoms with Gasteiger partial charge in [-0.15, -0.1) is 5.10 Å². The number of piperidine rings is 1. The number of carbonyl (C=O) groups excluding carboxylic acids is 1. The zero-order valence-corrected chi connectivity index (χ0v) is 18.9. The van der Waals surface area contributed by atoms with Gasteiger partial charge in [0, 0.05) is 24.3 Å². The van der Waals surface area contributed by atoms with Gasteiger partial charge in [-0.05, 0) is 43.2 Å². The maximum atomic E-state index is 13.1. The van der Waals surface area contributed by atoms with Crippen LogP contribution in [0.2, 0.25) is 0 Å². The third-order valence-corrected chi connectivity index (χ3v) is 7.22. The minimum atomic E-state index is -3.78. The molecule has 0 atom stereocenters. The summed E-state index contributed by atoms with van der Waals surface area (Å²) in [6, 6.07) is 13.2. The highest BCUT2D eigenvalue weighted by molar-refractivity contribution is 7.89. The minimum absolute atomic E-state index is 0.0188. The van der Waals surface area contributed by atoms with Gasteiger partial charge in [0.25, 0.3) is 0 Å². The minimum Gasteiger partial charge on any atom is -0.495 e. The Morgan fingerprint density at radius 2 is 1.85 bits per heavy atom. The summed E-state index contributed by atoms with van der Waals surface area (Å²) in [5.41, 5.74) is 0.868. The quantitative estimate of drug-likeness (QED) is 0.560. The Morgan fingerprint density at radius 1 is 1.12 bits per heavy atom. The average Bonchev–Trinajstić information content (AvgIpc) is 3.20. The van der Waals surface area contributed by atoms with Gasteiger partial charge in [-0.1, -0.05) is 24.6 Å². The smallest absolute Gasteiger partial charge is 0.437 e. The summed E-state index contributed by atoms with van der Waals surface area (Å²) in [5.74, 6) is -1.03. The predicted molar refractivity (Wildman–Crippen MR) is 120 cm³/mol. The van der Waals surface area contributed by atoms with Crippen LogP contribution in [-0.4, -0.2) is 48.6 Å². The van der Waals surface area contributed by atoms with Gasteiger partial charge in [0.2, 0.25) is 21.8 Å². The fourth-order valence-electron chi connectivity index (χ4n) is 3.64. The van der Waals surface area contributed by atoms with Gasteiger partial charge in [0.05, 0.1) is 7.11 Å². The van der Waals surface area contributed by atoms with Crippen LogP contribution in [0.1, 0.15) is 19.3 Å². The van der Waals surface area contributed by atoms with E-state index in [0.717, 1.165) is 23.9 Å². The van der Waals surface area contributed by atoms with Crippen molar-refractivity contribution in [3.05, 3.63) is 59.1 Å². The summed E-state index contributed by atoms with van der Waals surface area (Å²) in [6.45, 7) is 0.497. The average molecular weight is 473 g/mol. The summed E-state index contributed by atoms with van der Waals surface area (Å²) < 4.78 is 39.0. The number of carbonyl (C=O) groups is 1. The second-order valence-electron chi connectivity index (χ2n) is 7.58. The monoisotopic (exact) mass is 472 g/mol. The lowest BCUT2D eigenvalue weighted by atomic mass is 10.2. The Hall–Kier alpha value is -3.44. The van der Waals surface area contributed by atoms with E-state index in [1.807, 2.05) is 6.07 Å². The topological polar surface area (TPSA) is 124 Å². The SMILES string of the molecule is COc1ccc(NC(=O)Cn2nc(-c3ccccc3)oc2=O)cc1S(=O)(=O)N1CCCCC1. The highest BCUT2D eigenvalue weighted by Gasteiger charge is 2.29.